The molecule has 2 heteroatoms. The number of hydrogen-bond acceptors (Lipinski definition) is 1. The Bertz CT molecular complexity index is 3280. The molecule has 0 saturated heterocycles. The standard InChI is InChI=1S/C54H36N2/c1-35-21-28-47-50(32-35)53(37-14-6-3-7-15-37)46-18-9-8-17-45(46)52(47)38-22-26-42(27-23-38)56-51-30-25-41(34-49(51)48-20-11-31-55-54(48)56)43-19-10-16-40-33-39(24-29-44(40)43)36-12-4-2-5-13-36/h2-34H,1H3. The van der Waals surface area contributed by atoms with Crippen molar-refractivity contribution in [3.05, 3.63) is 206 Å². The van der Waals surface area contributed by atoms with Crippen molar-refractivity contribution in [2.45, 2.75) is 6.92 Å². The summed E-state index contributed by atoms with van der Waals surface area (Å²) in [5.74, 6) is 0. The van der Waals surface area contributed by atoms with Gasteiger partial charge in [-0.3, -0.25) is 4.57 Å². The normalized spacial score (nSPS) is 11.7. The fourth-order valence-electron chi connectivity index (χ4n) is 8.92. The number of aryl methyl sites for hydroxylation is 1. The van der Waals surface area contributed by atoms with E-state index in [0.717, 1.165) is 22.2 Å². The predicted molar refractivity (Wildman–Crippen MR) is 238 cm³/mol. The van der Waals surface area contributed by atoms with Gasteiger partial charge in [0.1, 0.15) is 5.65 Å². The summed E-state index contributed by atoms with van der Waals surface area (Å²) in [6, 6.07) is 70.8. The second-order valence-electron chi connectivity index (χ2n) is 14.8. The largest absolute Gasteiger partial charge is 0.294 e. The van der Waals surface area contributed by atoms with Crippen molar-refractivity contribution < 1.29 is 0 Å². The summed E-state index contributed by atoms with van der Waals surface area (Å²) in [6.07, 6.45) is 1.90. The molecule has 262 valence electrons. The number of fused-ring (bicyclic) bond motifs is 6. The van der Waals surface area contributed by atoms with Gasteiger partial charge in [0.15, 0.2) is 0 Å². The summed E-state index contributed by atoms with van der Waals surface area (Å²) in [5, 5.41) is 9.87. The summed E-state index contributed by atoms with van der Waals surface area (Å²) in [5.41, 5.74) is 14.3. The van der Waals surface area contributed by atoms with Crippen LogP contribution in [0.15, 0.2) is 200 Å². The molecule has 11 rings (SSSR count). The van der Waals surface area contributed by atoms with Crippen molar-refractivity contribution >= 4 is 54.3 Å². The monoisotopic (exact) mass is 712 g/mol. The summed E-state index contributed by atoms with van der Waals surface area (Å²) in [6.45, 7) is 2.18. The van der Waals surface area contributed by atoms with Crippen molar-refractivity contribution in [1.29, 1.82) is 0 Å². The predicted octanol–water partition coefficient (Wildman–Crippen LogP) is 14.6. The fraction of sp³-hybridized carbons (Fsp3) is 0.0185. The second kappa shape index (κ2) is 12.9. The van der Waals surface area contributed by atoms with E-state index in [0.29, 0.717) is 0 Å². The lowest BCUT2D eigenvalue weighted by molar-refractivity contribution is 1.14. The van der Waals surface area contributed by atoms with Crippen LogP contribution in [0.4, 0.5) is 0 Å². The van der Waals surface area contributed by atoms with Gasteiger partial charge in [0.2, 0.25) is 0 Å². The van der Waals surface area contributed by atoms with Crippen LogP contribution in [0, 0.1) is 6.92 Å². The molecule has 0 radical (unpaired) electrons. The van der Waals surface area contributed by atoms with E-state index in [4.69, 9.17) is 4.98 Å². The molecule has 2 heterocycles. The molecule has 2 nitrogen and oxygen atoms in total. The molecule has 0 atom stereocenters. The highest BCUT2D eigenvalue weighted by Gasteiger charge is 2.19. The molecule has 0 unspecified atom stereocenters. The van der Waals surface area contributed by atoms with Gasteiger partial charge in [0.25, 0.3) is 0 Å². The van der Waals surface area contributed by atoms with Gasteiger partial charge in [-0.15, -0.1) is 0 Å². The van der Waals surface area contributed by atoms with E-state index in [1.165, 1.54) is 87.8 Å². The molecule has 0 saturated carbocycles. The van der Waals surface area contributed by atoms with Crippen LogP contribution in [0.3, 0.4) is 0 Å². The Balaban J connectivity index is 1.05. The van der Waals surface area contributed by atoms with E-state index < -0.39 is 0 Å². The van der Waals surface area contributed by atoms with Gasteiger partial charge >= 0.3 is 0 Å². The van der Waals surface area contributed by atoms with Gasteiger partial charge in [0, 0.05) is 22.7 Å². The molecule has 0 spiro atoms. The zero-order valence-corrected chi connectivity index (χ0v) is 30.9. The quantitative estimate of drug-likeness (QED) is 0.162. The first-order chi connectivity index (χ1) is 27.7. The van der Waals surface area contributed by atoms with Gasteiger partial charge < -0.3 is 0 Å². The first-order valence-corrected chi connectivity index (χ1v) is 19.3. The molecule has 0 fully saturated rings. The zero-order chi connectivity index (χ0) is 37.2. The molecule has 0 aliphatic heterocycles. The van der Waals surface area contributed by atoms with Crippen LogP contribution >= 0.6 is 0 Å². The average molecular weight is 713 g/mol. The summed E-state index contributed by atoms with van der Waals surface area (Å²) >= 11 is 0. The smallest absolute Gasteiger partial charge is 0.145 e. The molecule has 0 aliphatic carbocycles. The molecule has 0 amide bonds. The van der Waals surface area contributed by atoms with E-state index in [1.54, 1.807) is 0 Å². The van der Waals surface area contributed by atoms with Crippen LogP contribution in [-0.4, -0.2) is 9.55 Å². The SMILES string of the molecule is Cc1ccc2c(-c3ccc(-n4c5ccc(-c6cccc7cc(-c8ccccc8)ccc67)cc5c5cccnc54)cc3)c3ccccc3c(-c3ccccc3)c2c1. The summed E-state index contributed by atoms with van der Waals surface area (Å²) < 4.78 is 2.31. The zero-order valence-electron chi connectivity index (χ0n) is 30.9. The Morgan fingerprint density at radius 2 is 1.00 bits per heavy atom. The Morgan fingerprint density at radius 3 is 1.79 bits per heavy atom. The van der Waals surface area contributed by atoms with Crippen molar-refractivity contribution in [1.82, 2.24) is 9.55 Å². The average Bonchev–Trinajstić information content (AvgIpc) is 3.59. The molecular formula is C54H36N2. The molecule has 9 aromatic carbocycles. The minimum absolute atomic E-state index is 0.955. The highest BCUT2D eigenvalue weighted by atomic mass is 15.0. The molecule has 0 bridgehead atoms. The van der Waals surface area contributed by atoms with Crippen LogP contribution in [0.25, 0.3) is 104 Å². The van der Waals surface area contributed by atoms with E-state index in [2.05, 4.69) is 200 Å². The maximum Gasteiger partial charge on any atom is 0.145 e. The van der Waals surface area contributed by atoms with E-state index in [9.17, 15) is 0 Å². The minimum atomic E-state index is 0.955. The lowest BCUT2D eigenvalue weighted by Crippen LogP contribution is -1.96. The second-order valence-corrected chi connectivity index (χ2v) is 14.8. The number of rotatable bonds is 5. The van der Waals surface area contributed by atoms with Crippen LogP contribution in [-0.2, 0) is 0 Å². The highest BCUT2D eigenvalue weighted by molar-refractivity contribution is 6.21. The number of benzene rings is 9. The van der Waals surface area contributed by atoms with Gasteiger partial charge in [-0.05, 0) is 126 Å². The minimum Gasteiger partial charge on any atom is -0.294 e. The molecular weight excluding hydrogens is 677 g/mol. The van der Waals surface area contributed by atoms with Crippen LogP contribution < -0.4 is 0 Å². The third kappa shape index (κ3) is 5.15. The molecule has 0 N–H and O–H groups in total. The van der Waals surface area contributed by atoms with E-state index in [1.807, 2.05) is 12.3 Å². The van der Waals surface area contributed by atoms with Crippen molar-refractivity contribution in [2.75, 3.05) is 0 Å². The first-order valence-electron chi connectivity index (χ1n) is 19.3. The molecule has 2 aromatic heterocycles. The third-order valence-corrected chi connectivity index (χ3v) is 11.5. The van der Waals surface area contributed by atoms with Crippen molar-refractivity contribution in [2.24, 2.45) is 0 Å². The Kier molecular flexibility index (Phi) is 7.43. The summed E-state index contributed by atoms with van der Waals surface area (Å²) in [7, 11) is 0. The topological polar surface area (TPSA) is 17.8 Å². The molecule has 0 aliphatic rings. The summed E-state index contributed by atoms with van der Waals surface area (Å²) in [4.78, 5) is 4.96. The lowest BCUT2D eigenvalue weighted by Gasteiger charge is -2.18. The van der Waals surface area contributed by atoms with Crippen molar-refractivity contribution in [3.63, 3.8) is 0 Å². The van der Waals surface area contributed by atoms with Gasteiger partial charge in [0.05, 0.1) is 5.52 Å². The van der Waals surface area contributed by atoms with Gasteiger partial charge in [-0.2, -0.15) is 0 Å². The number of nitrogens with zero attached hydrogens (tertiary/aromatic N) is 2. The first kappa shape index (κ1) is 32.2. The highest BCUT2D eigenvalue weighted by Crippen LogP contribution is 2.44. The lowest BCUT2D eigenvalue weighted by atomic mass is 9.85. The Hall–Kier alpha value is -7.29. The van der Waals surface area contributed by atoms with E-state index >= 15 is 0 Å². The van der Waals surface area contributed by atoms with Crippen LogP contribution in [0.1, 0.15) is 5.56 Å². The third-order valence-electron chi connectivity index (χ3n) is 11.5. The maximum absolute atomic E-state index is 4.96. The van der Waals surface area contributed by atoms with Gasteiger partial charge in [-0.1, -0.05) is 157 Å². The molecule has 56 heavy (non-hydrogen) atoms. The number of pyridine rings is 1. The van der Waals surface area contributed by atoms with Crippen LogP contribution in [0.2, 0.25) is 0 Å². The van der Waals surface area contributed by atoms with Crippen molar-refractivity contribution in [3.8, 4) is 50.2 Å². The van der Waals surface area contributed by atoms with E-state index in [-0.39, 0.29) is 0 Å². The van der Waals surface area contributed by atoms with Gasteiger partial charge in [-0.25, -0.2) is 4.98 Å². The number of hydrogen-bond donors (Lipinski definition) is 0. The molecule has 11 aromatic rings. The fourth-order valence-corrected chi connectivity index (χ4v) is 8.92. The Labute approximate surface area is 325 Å². The van der Waals surface area contributed by atoms with Crippen LogP contribution in [0.5, 0.6) is 0 Å². The maximum atomic E-state index is 4.96. The Morgan fingerprint density at radius 1 is 0.375 bits per heavy atom. The number of aromatic nitrogens is 2.